The summed E-state index contributed by atoms with van der Waals surface area (Å²) in [6, 6.07) is 22.3. The molecular formula is C27H23F3O6S4. The molecule has 0 radical (unpaired) electrons. The number of benzene rings is 3. The molecule has 6 nitrogen and oxygen atoms in total. The Kier molecular flexibility index (Phi) is 8.90. The zero-order valence-corrected chi connectivity index (χ0v) is 24.6. The highest BCUT2D eigenvalue weighted by molar-refractivity contribution is 8.34. The third-order valence-corrected chi connectivity index (χ3v) is 13.2. The van der Waals surface area contributed by atoms with E-state index in [1.54, 1.807) is 36.4 Å². The van der Waals surface area contributed by atoms with Crippen LogP contribution >= 0.6 is 33.4 Å². The molecule has 0 fully saturated rings. The number of alkyl halides is 3. The highest BCUT2D eigenvalue weighted by Crippen LogP contribution is 2.72. The van der Waals surface area contributed by atoms with Gasteiger partial charge in [0.15, 0.2) is 5.78 Å². The van der Waals surface area contributed by atoms with Crippen LogP contribution in [0.15, 0.2) is 108 Å². The summed E-state index contributed by atoms with van der Waals surface area (Å²) in [7, 11) is -6.64. The molecule has 40 heavy (non-hydrogen) atoms. The van der Waals surface area contributed by atoms with Gasteiger partial charge in [-0.05, 0) is 90.0 Å². The van der Waals surface area contributed by atoms with Crippen LogP contribution in [-0.4, -0.2) is 33.9 Å². The van der Waals surface area contributed by atoms with Crippen LogP contribution in [0.25, 0.3) is 0 Å². The fourth-order valence-corrected chi connectivity index (χ4v) is 11.5. The number of methoxy groups -OCH3 is 2. The standard InChI is InChI=1S/C27H23F3O6S4/c1-18(31)19-4-10-22(11-5-19)37-25-16-17-26(38-25)39(36-40(32,33)27(28,29)30,23-12-6-20(34-2)7-13-23)24-14-8-21(35-3)9-15-24/h4-17H,1-3H3. The van der Waals surface area contributed by atoms with Crippen molar-refractivity contribution in [1.29, 1.82) is 0 Å². The Hall–Kier alpha value is -2.97. The van der Waals surface area contributed by atoms with Crippen molar-refractivity contribution in [2.45, 2.75) is 35.5 Å². The zero-order chi connectivity index (χ0) is 29.1. The molecule has 1 heterocycles. The van der Waals surface area contributed by atoms with Crippen molar-refractivity contribution in [3.63, 3.8) is 0 Å². The van der Waals surface area contributed by atoms with Crippen LogP contribution in [0.3, 0.4) is 0 Å². The van der Waals surface area contributed by atoms with E-state index in [9.17, 15) is 26.4 Å². The Labute approximate surface area is 239 Å². The van der Waals surface area contributed by atoms with E-state index >= 15 is 0 Å². The fraction of sp³-hybridized carbons (Fsp3) is 0.148. The van der Waals surface area contributed by atoms with Crippen molar-refractivity contribution in [2.75, 3.05) is 14.2 Å². The second-order valence-electron chi connectivity index (χ2n) is 8.13. The summed E-state index contributed by atoms with van der Waals surface area (Å²) in [4.78, 5) is 12.8. The lowest BCUT2D eigenvalue weighted by atomic mass is 10.2. The molecule has 0 bridgehead atoms. The van der Waals surface area contributed by atoms with Gasteiger partial charge in [0.25, 0.3) is 0 Å². The molecule has 0 atom stereocenters. The number of hydrogen-bond acceptors (Lipinski definition) is 8. The molecular weight excluding hydrogens is 606 g/mol. The number of Topliss-reactive ketones (excluding diaryl/α,β-unsaturated/α-hetero) is 1. The topological polar surface area (TPSA) is 78.9 Å². The van der Waals surface area contributed by atoms with Crippen molar-refractivity contribution in [3.8, 4) is 11.5 Å². The lowest BCUT2D eigenvalue weighted by molar-refractivity contribution is -0.0496. The highest BCUT2D eigenvalue weighted by atomic mass is 32.3. The van der Waals surface area contributed by atoms with Crippen LogP contribution in [0.5, 0.6) is 11.5 Å². The summed E-state index contributed by atoms with van der Waals surface area (Å²) in [5.74, 6) is 0.786. The highest BCUT2D eigenvalue weighted by Gasteiger charge is 2.53. The van der Waals surface area contributed by atoms with Crippen LogP contribution in [0.4, 0.5) is 13.2 Å². The number of hydrogen-bond donors (Lipinski definition) is 0. The molecule has 13 heteroatoms. The van der Waals surface area contributed by atoms with Crippen molar-refractivity contribution >= 4 is 49.3 Å². The second-order valence-corrected chi connectivity index (χ2v) is 15.3. The predicted octanol–water partition coefficient (Wildman–Crippen LogP) is 8.18. The molecule has 0 aliphatic rings. The fourth-order valence-electron chi connectivity index (χ4n) is 3.57. The summed E-state index contributed by atoms with van der Waals surface area (Å²) in [6.07, 6.45) is 0. The number of ketones is 1. The minimum absolute atomic E-state index is 0.0784. The van der Waals surface area contributed by atoms with Gasteiger partial charge in [0.1, 0.15) is 11.5 Å². The minimum atomic E-state index is -6.05. The maximum Gasteiger partial charge on any atom is 0.524 e. The number of rotatable bonds is 10. The quantitative estimate of drug-likeness (QED) is 0.129. The average molecular weight is 629 g/mol. The number of carbonyl (C=O) groups excluding carboxylic acids is 1. The first-order valence-electron chi connectivity index (χ1n) is 11.4. The Bertz CT molecular complexity index is 1530. The van der Waals surface area contributed by atoms with Gasteiger partial charge in [-0.15, -0.1) is 11.3 Å². The largest absolute Gasteiger partial charge is 0.524 e. The lowest BCUT2D eigenvalue weighted by Crippen LogP contribution is -2.27. The van der Waals surface area contributed by atoms with Gasteiger partial charge in [0.2, 0.25) is 0 Å². The molecule has 212 valence electrons. The van der Waals surface area contributed by atoms with Gasteiger partial charge in [-0.3, -0.25) is 4.79 Å². The van der Waals surface area contributed by atoms with Crippen LogP contribution in [-0.2, 0) is 13.7 Å². The van der Waals surface area contributed by atoms with Crippen LogP contribution in [0, 0.1) is 0 Å². The number of carbonyl (C=O) groups is 1. The molecule has 3 aromatic carbocycles. The lowest BCUT2D eigenvalue weighted by Gasteiger charge is -2.38. The Morgan fingerprint density at radius 2 is 1.27 bits per heavy atom. The van der Waals surface area contributed by atoms with E-state index in [0.717, 1.165) is 16.2 Å². The predicted molar refractivity (Wildman–Crippen MR) is 149 cm³/mol. The third-order valence-electron chi connectivity index (χ3n) is 5.58. The van der Waals surface area contributed by atoms with Gasteiger partial charge in [-0.1, -0.05) is 23.9 Å². The Morgan fingerprint density at radius 1 is 0.775 bits per heavy atom. The molecule has 0 N–H and O–H groups in total. The summed E-state index contributed by atoms with van der Waals surface area (Å²) >= 11 is 2.44. The van der Waals surface area contributed by atoms with E-state index in [4.69, 9.17) is 13.1 Å². The SMILES string of the molecule is COc1ccc(S(OS(=O)(=O)C(F)(F)F)(c2ccc(OC)cc2)c2ccc(Sc3ccc(C(C)=O)cc3)s2)cc1. The van der Waals surface area contributed by atoms with Gasteiger partial charge in [-0.25, -0.2) is 0 Å². The van der Waals surface area contributed by atoms with E-state index < -0.39 is 25.9 Å². The summed E-state index contributed by atoms with van der Waals surface area (Å²) in [6.45, 7) is 1.46. The Balaban J connectivity index is 1.91. The van der Waals surface area contributed by atoms with Crippen LogP contribution < -0.4 is 9.47 Å². The second kappa shape index (κ2) is 11.9. The van der Waals surface area contributed by atoms with Crippen molar-refractivity contribution in [1.82, 2.24) is 0 Å². The molecule has 4 aromatic rings. The molecule has 4 rings (SSSR count). The maximum absolute atomic E-state index is 13.8. The van der Waals surface area contributed by atoms with E-state index in [2.05, 4.69) is 0 Å². The van der Waals surface area contributed by atoms with E-state index in [0.29, 0.717) is 21.3 Å². The molecule has 0 aliphatic heterocycles. The molecule has 0 aliphatic carbocycles. The van der Waals surface area contributed by atoms with Gasteiger partial charge in [0.05, 0.1) is 22.6 Å². The minimum Gasteiger partial charge on any atom is -0.497 e. The first-order chi connectivity index (χ1) is 18.9. The average Bonchev–Trinajstić information content (AvgIpc) is 3.40. The summed E-state index contributed by atoms with van der Waals surface area (Å²) in [5, 5.41) is 0. The summed E-state index contributed by atoms with van der Waals surface area (Å²) < 4.78 is 83.2. The molecule has 0 spiro atoms. The van der Waals surface area contributed by atoms with E-state index in [1.807, 2.05) is 0 Å². The molecule has 0 amide bonds. The zero-order valence-electron chi connectivity index (χ0n) is 21.3. The smallest absolute Gasteiger partial charge is 0.497 e. The number of ether oxygens (including phenoxy) is 2. The van der Waals surface area contributed by atoms with Crippen molar-refractivity contribution < 1.29 is 39.5 Å². The number of thiophene rings is 1. The Morgan fingerprint density at radius 3 is 1.70 bits per heavy atom. The third kappa shape index (κ3) is 6.18. The first kappa shape index (κ1) is 30.0. The molecule has 0 unspecified atom stereocenters. The van der Waals surface area contributed by atoms with E-state index in [-0.39, 0.29) is 19.8 Å². The van der Waals surface area contributed by atoms with Crippen LogP contribution in [0.2, 0.25) is 0 Å². The first-order valence-corrected chi connectivity index (χ1v) is 16.0. The summed E-state index contributed by atoms with van der Waals surface area (Å²) in [5.41, 5.74) is -5.11. The molecule has 1 aromatic heterocycles. The van der Waals surface area contributed by atoms with E-state index in [1.165, 1.54) is 81.4 Å². The normalized spacial score (nSPS) is 12.7. The van der Waals surface area contributed by atoms with Gasteiger partial charge in [0, 0.05) is 20.2 Å². The van der Waals surface area contributed by atoms with Gasteiger partial charge >= 0.3 is 15.6 Å². The maximum atomic E-state index is 13.8. The van der Waals surface area contributed by atoms with Crippen LogP contribution in [0.1, 0.15) is 17.3 Å². The molecule has 0 saturated heterocycles. The van der Waals surface area contributed by atoms with Gasteiger partial charge in [-0.2, -0.15) is 25.2 Å². The van der Waals surface area contributed by atoms with Crippen molar-refractivity contribution in [3.05, 3.63) is 90.5 Å². The molecule has 0 saturated carbocycles. The monoisotopic (exact) mass is 628 g/mol. The van der Waals surface area contributed by atoms with Crippen molar-refractivity contribution in [2.24, 2.45) is 0 Å². The number of halogens is 3. The van der Waals surface area contributed by atoms with Gasteiger partial charge < -0.3 is 9.47 Å².